The SMILES string of the molecule is COc1cc(/C=C/COC(=O)/C=C/c2ccc(O)cc2)cc(OC)c1O. The van der Waals surface area contributed by atoms with Crippen LogP contribution in [0.3, 0.4) is 0 Å². The monoisotopic (exact) mass is 356 g/mol. The maximum atomic E-state index is 11.7. The molecule has 0 spiro atoms. The van der Waals surface area contributed by atoms with Gasteiger partial charge in [-0.2, -0.15) is 0 Å². The van der Waals surface area contributed by atoms with E-state index in [1.54, 1.807) is 42.5 Å². The minimum Gasteiger partial charge on any atom is -0.508 e. The van der Waals surface area contributed by atoms with Gasteiger partial charge in [0.15, 0.2) is 11.5 Å². The van der Waals surface area contributed by atoms with E-state index in [0.717, 1.165) is 11.1 Å². The van der Waals surface area contributed by atoms with E-state index >= 15 is 0 Å². The van der Waals surface area contributed by atoms with Crippen molar-refractivity contribution in [3.63, 3.8) is 0 Å². The molecular weight excluding hydrogens is 336 g/mol. The van der Waals surface area contributed by atoms with Crippen LogP contribution in [-0.4, -0.2) is 37.0 Å². The number of methoxy groups -OCH3 is 2. The van der Waals surface area contributed by atoms with Crippen molar-refractivity contribution in [2.24, 2.45) is 0 Å². The largest absolute Gasteiger partial charge is 0.508 e. The standard InChI is InChI=1S/C20H20O6/c1-24-17-12-15(13-18(25-2)20(17)23)4-3-11-26-19(22)10-7-14-5-8-16(21)9-6-14/h3-10,12-13,21,23H,11H2,1-2H3/b4-3+,10-7+. The second kappa shape index (κ2) is 9.17. The Hall–Kier alpha value is -3.41. The van der Waals surface area contributed by atoms with Crippen molar-refractivity contribution in [2.45, 2.75) is 0 Å². The molecule has 0 saturated carbocycles. The number of carbonyl (C=O) groups is 1. The molecule has 0 aliphatic rings. The maximum Gasteiger partial charge on any atom is 0.331 e. The Morgan fingerprint density at radius 3 is 2.15 bits per heavy atom. The molecule has 0 amide bonds. The maximum absolute atomic E-state index is 11.7. The molecule has 0 fully saturated rings. The van der Waals surface area contributed by atoms with E-state index < -0.39 is 5.97 Å². The zero-order valence-corrected chi connectivity index (χ0v) is 14.5. The first-order chi connectivity index (χ1) is 12.5. The van der Waals surface area contributed by atoms with Gasteiger partial charge in [-0.1, -0.05) is 18.2 Å². The Balaban J connectivity index is 1.90. The van der Waals surface area contributed by atoms with Crippen molar-refractivity contribution in [1.29, 1.82) is 0 Å². The van der Waals surface area contributed by atoms with Crippen LogP contribution in [0.2, 0.25) is 0 Å². The normalized spacial score (nSPS) is 11.0. The Bertz CT molecular complexity index is 781. The molecule has 136 valence electrons. The molecule has 0 saturated heterocycles. The molecule has 0 bridgehead atoms. The molecule has 0 aliphatic heterocycles. The number of benzene rings is 2. The quantitative estimate of drug-likeness (QED) is 0.584. The zero-order valence-electron chi connectivity index (χ0n) is 14.5. The van der Waals surface area contributed by atoms with Crippen molar-refractivity contribution in [2.75, 3.05) is 20.8 Å². The third-order valence-electron chi connectivity index (χ3n) is 3.44. The zero-order chi connectivity index (χ0) is 18.9. The van der Waals surface area contributed by atoms with Gasteiger partial charge in [-0.3, -0.25) is 0 Å². The molecule has 26 heavy (non-hydrogen) atoms. The predicted molar refractivity (Wildman–Crippen MR) is 98.3 cm³/mol. The number of hydrogen-bond acceptors (Lipinski definition) is 6. The second-order valence-corrected chi connectivity index (χ2v) is 5.23. The first-order valence-corrected chi connectivity index (χ1v) is 7.79. The second-order valence-electron chi connectivity index (χ2n) is 5.23. The van der Waals surface area contributed by atoms with Gasteiger partial charge in [-0.05, 0) is 47.5 Å². The molecule has 0 aliphatic carbocycles. The molecule has 0 atom stereocenters. The van der Waals surface area contributed by atoms with Crippen LogP contribution < -0.4 is 9.47 Å². The van der Waals surface area contributed by atoms with Crippen LogP contribution in [0, 0.1) is 0 Å². The molecule has 6 heteroatoms. The summed E-state index contributed by atoms with van der Waals surface area (Å²) in [7, 11) is 2.90. The van der Waals surface area contributed by atoms with Gasteiger partial charge in [-0.15, -0.1) is 0 Å². The van der Waals surface area contributed by atoms with E-state index in [1.807, 2.05) is 0 Å². The van der Waals surface area contributed by atoms with Crippen LogP contribution in [0.1, 0.15) is 11.1 Å². The molecule has 2 rings (SSSR count). The summed E-state index contributed by atoms with van der Waals surface area (Å²) in [6, 6.07) is 9.72. The molecular formula is C20H20O6. The smallest absolute Gasteiger partial charge is 0.331 e. The summed E-state index contributed by atoms with van der Waals surface area (Å²) in [5.41, 5.74) is 1.51. The Kier molecular flexibility index (Phi) is 6.68. The van der Waals surface area contributed by atoms with Crippen LogP contribution in [0.15, 0.2) is 48.6 Å². The highest BCUT2D eigenvalue weighted by Gasteiger charge is 2.09. The summed E-state index contributed by atoms with van der Waals surface area (Å²) in [5, 5.41) is 19.1. The van der Waals surface area contributed by atoms with E-state index in [9.17, 15) is 15.0 Å². The number of aromatic hydroxyl groups is 2. The molecule has 0 radical (unpaired) electrons. The summed E-state index contributed by atoms with van der Waals surface area (Å²) in [6.07, 6.45) is 6.30. The average molecular weight is 356 g/mol. The minimum absolute atomic E-state index is 0.0713. The van der Waals surface area contributed by atoms with Crippen LogP contribution in [0.5, 0.6) is 23.0 Å². The van der Waals surface area contributed by atoms with E-state index in [4.69, 9.17) is 14.2 Å². The van der Waals surface area contributed by atoms with Gasteiger partial charge in [0.2, 0.25) is 5.75 Å². The van der Waals surface area contributed by atoms with Crippen LogP contribution in [0.25, 0.3) is 12.2 Å². The van der Waals surface area contributed by atoms with Crippen LogP contribution in [0.4, 0.5) is 0 Å². The van der Waals surface area contributed by atoms with Gasteiger partial charge in [0, 0.05) is 6.08 Å². The van der Waals surface area contributed by atoms with Crippen LogP contribution in [-0.2, 0) is 9.53 Å². The predicted octanol–water partition coefficient (Wildman–Crippen LogP) is 3.38. The number of carbonyl (C=O) groups excluding carboxylic acids is 1. The Morgan fingerprint density at radius 2 is 1.58 bits per heavy atom. The van der Waals surface area contributed by atoms with E-state index in [-0.39, 0.29) is 29.6 Å². The number of hydrogen-bond donors (Lipinski definition) is 2. The summed E-state index contributed by atoms with van der Waals surface area (Å²) in [6.45, 7) is 0.0876. The minimum atomic E-state index is -0.483. The van der Waals surface area contributed by atoms with Crippen LogP contribution >= 0.6 is 0 Å². The van der Waals surface area contributed by atoms with Gasteiger partial charge in [-0.25, -0.2) is 4.79 Å². The van der Waals surface area contributed by atoms with E-state index in [0.29, 0.717) is 0 Å². The fourth-order valence-corrected chi connectivity index (χ4v) is 2.12. The first-order valence-electron chi connectivity index (χ1n) is 7.79. The van der Waals surface area contributed by atoms with Gasteiger partial charge in [0.05, 0.1) is 14.2 Å². The Morgan fingerprint density at radius 1 is 0.962 bits per heavy atom. The van der Waals surface area contributed by atoms with Crippen molar-refractivity contribution in [3.8, 4) is 23.0 Å². The average Bonchev–Trinajstić information content (AvgIpc) is 2.65. The number of phenolic OH excluding ortho intramolecular Hbond substituents is 2. The summed E-state index contributed by atoms with van der Waals surface area (Å²) in [5.74, 6) is 0.189. The highest BCUT2D eigenvalue weighted by atomic mass is 16.5. The Labute approximate surface area is 151 Å². The van der Waals surface area contributed by atoms with Crippen molar-refractivity contribution in [1.82, 2.24) is 0 Å². The number of ether oxygens (including phenoxy) is 3. The number of esters is 1. The van der Waals surface area contributed by atoms with E-state index in [1.165, 1.54) is 32.4 Å². The summed E-state index contributed by atoms with van der Waals surface area (Å²) in [4.78, 5) is 11.7. The third-order valence-corrected chi connectivity index (χ3v) is 3.44. The molecule has 0 heterocycles. The topological polar surface area (TPSA) is 85.2 Å². The molecule has 2 N–H and O–H groups in total. The lowest BCUT2D eigenvalue weighted by Gasteiger charge is -2.09. The third kappa shape index (κ3) is 5.31. The van der Waals surface area contributed by atoms with Crippen molar-refractivity contribution >= 4 is 18.1 Å². The molecule has 2 aromatic carbocycles. The molecule has 0 aromatic heterocycles. The molecule has 0 unspecified atom stereocenters. The number of rotatable bonds is 7. The first kappa shape index (κ1) is 18.9. The van der Waals surface area contributed by atoms with Gasteiger partial charge >= 0.3 is 5.97 Å². The lowest BCUT2D eigenvalue weighted by molar-refractivity contribution is -0.136. The number of phenols is 2. The lowest BCUT2D eigenvalue weighted by atomic mass is 10.1. The van der Waals surface area contributed by atoms with Gasteiger partial charge in [0.1, 0.15) is 12.4 Å². The highest BCUT2D eigenvalue weighted by molar-refractivity contribution is 5.87. The fourth-order valence-electron chi connectivity index (χ4n) is 2.12. The lowest BCUT2D eigenvalue weighted by Crippen LogP contribution is -1.99. The van der Waals surface area contributed by atoms with Crippen molar-refractivity contribution in [3.05, 3.63) is 59.7 Å². The highest BCUT2D eigenvalue weighted by Crippen LogP contribution is 2.37. The molecule has 2 aromatic rings. The van der Waals surface area contributed by atoms with Gasteiger partial charge < -0.3 is 24.4 Å². The van der Waals surface area contributed by atoms with Gasteiger partial charge in [0.25, 0.3) is 0 Å². The van der Waals surface area contributed by atoms with E-state index in [2.05, 4.69) is 0 Å². The van der Waals surface area contributed by atoms with Crippen molar-refractivity contribution < 1.29 is 29.2 Å². The fraction of sp³-hybridized carbons (Fsp3) is 0.150. The summed E-state index contributed by atoms with van der Waals surface area (Å²) < 4.78 is 15.2. The summed E-state index contributed by atoms with van der Waals surface area (Å²) >= 11 is 0. The molecule has 6 nitrogen and oxygen atoms in total.